The Kier molecular flexibility index (Phi) is 6.22. The third-order valence-electron chi connectivity index (χ3n) is 4.71. The van der Waals surface area contributed by atoms with E-state index in [9.17, 15) is 0 Å². The lowest BCUT2D eigenvalue weighted by Crippen LogP contribution is -3.00. The average Bonchev–Trinajstić information content (AvgIpc) is 2.72. The molecule has 1 aliphatic heterocycles. The topological polar surface area (TPSA) is 89.8 Å². The van der Waals surface area contributed by atoms with E-state index in [-0.39, 0.29) is 12.4 Å². The highest BCUT2D eigenvalue weighted by molar-refractivity contribution is 6.10. The Morgan fingerprint density at radius 2 is 1.93 bits per heavy atom. The Balaban J connectivity index is 0.00000240. The molecule has 8 heteroatoms. The van der Waals surface area contributed by atoms with Crippen LogP contribution in [0, 0.1) is 0 Å². The van der Waals surface area contributed by atoms with Crippen LogP contribution in [0.25, 0.3) is 43.8 Å². The van der Waals surface area contributed by atoms with Gasteiger partial charge in [-0.25, -0.2) is 9.56 Å². The molecular formula is C21H21ClN6O. The fraction of sp³-hybridized carbons (Fsp3) is 0.238. The normalized spacial score (nSPS) is 10.6. The first kappa shape index (κ1) is 20.5. The second kappa shape index (κ2) is 8.82. The minimum Gasteiger partial charge on any atom is -1.00 e. The maximum Gasteiger partial charge on any atom is 0.203 e. The van der Waals surface area contributed by atoms with Crippen molar-refractivity contribution in [3.05, 3.63) is 64.3 Å². The van der Waals surface area contributed by atoms with Crippen molar-refractivity contribution in [3.8, 4) is 11.5 Å². The molecule has 29 heavy (non-hydrogen) atoms. The number of rotatable bonds is 5. The van der Waals surface area contributed by atoms with Crippen LogP contribution in [0.2, 0.25) is 0 Å². The molecule has 0 unspecified atom stereocenters. The van der Waals surface area contributed by atoms with Gasteiger partial charge in [-0.2, -0.15) is 0 Å². The highest BCUT2D eigenvalue weighted by Gasteiger charge is 2.14. The summed E-state index contributed by atoms with van der Waals surface area (Å²) in [5.74, 6) is 0.753. The predicted molar refractivity (Wildman–Crippen MR) is 112 cm³/mol. The summed E-state index contributed by atoms with van der Waals surface area (Å²) < 4.78 is 8.27. The summed E-state index contributed by atoms with van der Waals surface area (Å²) in [4.78, 5) is 7.66. The smallest absolute Gasteiger partial charge is 0.203 e. The molecule has 0 amide bonds. The molecule has 1 N–H and O–H groups in total. The van der Waals surface area contributed by atoms with E-state index in [4.69, 9.17) is 14.9 Å². The molecule has 4 rings (SSSR count). The Hall–Kier alpha value is -3.28. The largest absolute Gasteiger partial charge is 1.00 e. The van der Waals surface area contributed by atoms with Crippen LogP contribution >= 0.6 is 0 Å². The van der Waals surface area contributed by atoms with E-state index in [1.54, 1.807) is 0 Å². The standard InChI is InChI=1S/C21H20N6O.ClH/c1-27(2)14-8-9-17-19(12-14)28-20-13-18(23-10-5-11-24-26-22)15-6-3-4-7-16(15)21(20)25-17;/h3-4,6-9,12-13H,5,10-11H2,1-2H3;1H. The molecule has 0 saturated carbocycles. The number of benzene rings is 3. The molecule has 0 bridgehead atoms. The summed E-state index contributed by atoms with van der Waals surface area (Å²) in [5, 5.41) is 10.2. The SMILES string of the molecule is C[N+](C)=c1ccc2nc3c(cc(NCCCN=[N+]=[N-])c4ccccc43)oc-2c1.[Cl-]. The first-order valence-electron chi connectivity index (χ1n) is 9.19. The van der Waals surface area contributed by atoms with E-state index < -0.39 is 0 Å². The van der Waals surface area contributed by atoms with E-state index >= 15 is 0 Å². The molecule has 0 saturated heterocycles. The van der Waals surface area contributed by atoms with Crippen molar-refractivity contribution in [2.24, 2.45) is 5.11 Å². The monoisotopic (exact) mass is 408 g/mol. The summed E-state index contributed by atoms with van der Waals surface area (Å²) in [6.45, 7) is 1.18. The van der Waals surface area contributed by atoms with Crippen LogP contribution in [0.1, 0.15) is 6.42 Å². The van der Waals surface area contributed by atoms with Gasteiger partial charge >= 0.3 is 0 Å². The number of hydrogen-bond donors (Lipinski definition) is 1. The highest BCUT2D eigenvalue weighted by Crippen LogP contribution is 2.33. The zero-order valence-corrected chi connectivity index (χ0v) is 17.0. The van der Waals surface area contributed by atoms with Crippen molar-refractivity contribution in [2.45, 2.75) is 6.42 Å². The van der Waals surface area contributed by atoms with Gasteiger partial charge < -0.3 is 22.1 Å². The third-order valence-corrected chi connectivity index (χ3v) is 4.71. The first-order valence-corrected chi connectivity index (χ1v) is 9.19. The van der Waals surface area contributed by atoms with Gasteiger partial charge in [0.05, 0.1) is 6.07 Å². The Morgan fingerprint density at radius 3 is 2.69 bits per heavy atom. The number of halogens is 1. The van der Waals surface area contributed by atoms with Crippen LogP contribution in [0.15, 0.2) is 58.1 Å². The molecule has 0 aromatic heterocycles. The third kappa shape index (κ3) is 4.11. The van der Waals surface area contributed by atoms with E-state index in [0.29, 0.717) is 13.1 Å². The van der Waals surface area contributed by atoms with Gasteiger partial charge in [-0.05, 0) is 18.0 Å². The van der Waals surface area contributed by atoms with Crippen molar-refractivity contribution in [2.75, 3.05) is 32.5 Å². The zero-order chi connectivity index (χ0) is 19.5. The van der Waals surface area contributed by atoms with Crippen LogP contribution in [-0.4, -0.2) is 32.2 Å². The Labute approximate surface area is 174 Å². The minimum absolute atomic E-state index is 0. The van der Waals surface area contributed by atoms with Crippen LogP contribution in [0.5, 0.6) is 0 Å². The second-order valence-corrected chi connectivity index (χ2v) is 6.81. The highest BCUT2D eigenvalue weighted by atomic mass is 35.5. The molecule has 2 aromatic rings. The van der Waals surface area contributed by atoms with Gasteiger partial charge in [0, 0.05) is 46.6 Å². The predicted octanol–water partition coefficient (Wildman–Crippen LogP) is 1.23. The maximum atomic E-state index is 8.40. The van der Waals surface area contributed by atoms with Gasteiger partial charge in [-0.1, -0.05) is 29.4 Å². The van der Waals surface area contributed by atoms with Gasteiger partial charge in [-0.3, -0.25) is 0 Å². The lowest BCUT2D eigenvalue weighted by molar-refractivity contribution is -0.00000619. The molecule has 2 aliphatic rings. The van der Waals surface area contributed by atoms with Gasteiger partial charge in [0.25, 0.3) is 0 Å². The number of anilines is 1. The molecule has 0 fully saturated rings. The molecule has 0 atom stereocenters. The Bertz CT molecular complexity index is 1260. The number of fused-ring (bicyclic) bond motifs is 4. The molecule has 0 radical (unpaired) electrons. The molecular weight excluding hydrogens is 388 g/mol. The van der Waals surface area contributed by atoms with Crippen LogP contribution in [0.3, 0.4) is 0 Å². The lowest BCUT2D eigenvalue weighted by atomic mass is 10.1. The number of nitrogens with one attached hydrogen (secondary N) is 1. The van der Waals surface area contributed by atoms with Crippen molar-refractivity contribution < 1.29 is 16.8 Å². The molecule has 2 aromatic carbocycles. The summed E-state index contributed by atoms with van der Waals surface area (Å²) in [7, 11) is 4.00. The van der Waals surface area contributed by atoms with Gasteiger partial charge in [0.15, 0.2) is 11.3 Å². The fourth-order valence-corrected chi connectivity index (χ4v) is 3.29. The number of azide groups is 1. The van der Waals surface area contributed by atoms with Crippen LogP contribution in [0.4, 0.5) is 5.69 Å². The van der Waals surface area contributed by atoms with Gasteiger partial charge in [0.2, 0.25) is 5.36 Å². The van der Waals surface area contributed by atoms with Crippen LogP contribution < -0.4 is 27.7 Å². The van der Waals surface area contributed by atoms with E-state index in [2.05, 4.69) is 27.5 Å². The second-order valence-electron chi connectivity index (χ2n) is 6.81. The summed E-state index contributed by atoms with van der Waals surface area (Å²) in [5.41, 5.74) is 11.8. The van der Waals surface area contributed by atoms with E-state index in [1.165, 1.54) is 0 Å². The number of nitrogens with zero attached hydrogens (tertiary/aromatic N) is 5. The molecule has 7 nitrogen and oxygen atoms in total. The summed E-state index contributed by atoms with van der Waals surface area (Å²) in [6.07, 6.45) is 0.760. The Morgan fingerprint density at radius 1 is 1.14 bits per heavy atom. The van der Waals surface area contributed by atoms with Gasteiger partial charge in [-0.15, -0.1) is 0 Å². The first-order chi connectivity index (χ1) is 13.7. The lowest BCUT2D eigenvalue weighted by Gasteiger charge is -2.13. The van der Waals surface area contributed by atoms with Crippen molar-refractivity contribution in [3.63, 3.8) is 0 Å². The van der Waals surface area contributed by atoms with E-state index in [1.807, 2.05) is 55.1 Å². The maximum absolute atomic E-state index is 8.40. The summed E-state index contributed by atoms with van der Waals surface area (Å²) >= 11 is 0. The van der Waals surface area contributed by atoms with Gasteiger partial charge in [0.1, 0.15) is 25.3 Å². The van der Waals surface area contributed by atoms with Crippen LogP contribution in [-0.2, 0) is 0 Å². The minimum atomic E-state index is 0. The average molecular weight is 409 g/mol. The van der Waals surface area contributed by atoms with Crippen molar-refractivity contribution in [1.82, 2.24) is 9.56 Å². The number of aromatic nitrogens is 1. The van der Waals surface area contributed by atoms with Crippen molar-refractivity contribution >= 4 is 27.6 Å². The molecule has 148 valence electrons. The fourth-order valence-electron chi connectivity index (χ4n) is 3.29. The quantitative estimate of drug-likeness (QED) is 0.102. The van der Waals surface area contributed by atoms with Crippen molar-refractivity contribution in [1.29, 1.82) is 0 Å². The molecule has 1 heterocycles. The zero-order valence-electron chi connectivity index (χ0n) is 16.3. The summed E-state index contributed by atoms with van der Waals surface area (Å²) in [6, 6.07) is 16.2. The molecule has 1 aliphatic carbocycles. The molecule has 0 spiro atoms. The van der Waals surface area contributed by atoms with E-state index in [0.717, 1.165) is 50.8 Å². The number of hydrogen-bond acceptors (Lipinski definition) is 4.